The Labute approximate surface area is 177 Å². The van der Waals surface area contributed by atoms with Gasteiger partial charge in [0.2, 0.25) is 0 Å². The molecule has 9 nitrogen and oxygen atoms in total. The van der Waals surface area contributed by atoms with Crippen molar-refractivity contribution in [2.45, 2.75) is 13.8 Å². The van der Waals surface area contributed by atoms with Crippen molar-refractivity contribution >= 4 is 33.7 Å². The van der Waals surface area contributed by atoms with E-state index in [0.29, 0.717) is 34.3 Å². The van der Waals surface area contributed by atoms with Crippen LogP contribution < -0.4 is 11.5 Å². The van der Waals surface area contributed by atoms with Crippen LogP contribution in [0.3, 0.4) is 0 Å². The number of amidine groups is 2. The lowest BCUT2D eigenvalue weighted by Gasteiger charge is -1.96. The van der Waals surface area contributed by atoms with E-state index in [4.69, 9.17) is 26.7 Å². The number of H-pyrrole nitrogens is 2. The van der Waals surface area contributed by atoms with Crippen LogP contribution in [0, 0.1) is 10.8 Å². The average Bonchev–Trinajstić information content (AvgIpc) is 3.50. The first-order valence-electron chi connectivity index (χ1n) is 9.77. The Kier molecular flexibility index (Phi) is 5.00. The molecule has 0 aliphatic carbocycles. The van der Waals surface area contributed by atoms with Gasteiger partial charge in [-0.05, 0) is 48.5 Å². The maximum Gasteiger partial charge on any atom is 0.174 e. The summed E-state index contributed by atoms with van der Waals surface area (Å²) in [7, 11) is 0. The third kappa shape index (κ3) is 3.64. The fourth-order valence-electron chi connectivity index (χ4n) is 3.18. The molecule has 0 atom stereocenters. The predicted octanol–water partition coefficient (Wildman–Crippen LogP) is 3.96. The van der Waals surface area contributed by atoms with E-state index < -0.39 is 0 Å². The zero-order chi connectivity index (χ0) is 22.1. The van der Waals surface area contributed by atoms with E-state index >= 15 is 0 Å². The Morgan fingerprint density at radius 3 is 1.55 bits per heavy atom. The average molecular weight is 414 g/mol. The lowest BCUT2D eigenvalue weighted by Crippen LogP contribution is -2.10. The van der Waals surface area contributed by atoms with E-state index in [0.717, 1.165) is 22.1 Å². The predicted molar refractivity (Wildman–Crippen MR) is 122 cm³/mol. The van der Waals surface area contributed by atoms with Crippen LogP contribution in [0.2, 0.25) is 0 Å². The van der Waals surface area contributed by atoms with Crippen LogP contribution >= 0.6 is 0 Å². The highest BCUT2D eigenvalue weighted by atomic mass is 16.3. The maximum atomic E-state index is 7.56. The first-order chi connectivity index (χ1) is 15.0. The first kappa shape index (κ1) is 19.9. The van der Waals surface area contributed by atoms with Crippen molar-refractivity contribution in [1.82, 2.24) is 19.9 Å². The largest absolute Gasteiger partial charge is 0.450 e. The van der Waals surface area contributed by atoms with Crippen molar-refractivity contribution in [3.05, 3.63) is 59.7 Å². The van der Waals surface area contributed by atoms with Crippen LogP contribution in [0.25, 0.3) is 45.2 Å². The van der Waals surface area contributed by atoms with Gasteiger partial charge in [-0.15, -0.1) is 0 Å². The van der Waals surface area contributed by atoms with E-state index in [1.807, 2.05) is 38.1 Å². The Bertz CT molecular complexity index is 1320. The van der Waals surface area contributed by atoms with E-state index in [1.54, 1.807) is 24.3 Å². The number of nitrogen functional groups attached to an aromatic ring is 2. The molecule has 5 aromatic rings. The third-order valence-electron chi connectivity index (χ3n) is 4.66. The second-order valence-corrected chi connectivity index (χ2v) is 6.63. The normalized spacial score (nSPS) is 10.8. The van der Waals surface area contributed by atoms with Crippen LogP contribution in [0.1, 0.15) is 25.0 Å². The summed E-state index contributed by atoms with van der Waals surface area (Å²) in [4.78, 5) is 15.5. The molecule has 0 saturated heterocycles. The number of hydrogen-bond donors (Lipinski definition) is 6. The van der Waals surface area contributed by atoms with Gasteiger partial charge in [-0.1, -0.05) is 13.8 Å². The molecule has 0 fully saturated rings. The van der Waals surface area contributed by atoms with Crippen molar-refractivity contribution in [3.63, 3.8) is 0 Å². The molecule has 2 aromatic carbocycles. The van der Waals surface area contributed by atoms with Gasteiger partial charge in [0.15, 0.2) is 23.2 Å². The van der Waals surface area contributed by atoms with Gasteiger partial charge in [0, 0.05) is 11.1 Å². The van der Waals surface area contributed by atoms with Gasteiger partial charge in [0.05, 0.1) is 22.1 Å². The summed E-state index contributed by atoms with van der Waals surface area (Å²) in [5, 5.41) is 15.1. The van der Waals surface area contributed by atoms with Gasteiger partial charge in [-0.3, -0.25) is 10.8 Å². The summed E-state index contributed by atoms with van der Waals surface area (Å²) < 4.78 is 5.95. The Morgan fingerprint density at radius 2 is 1.16 bits per heavy atom. The molecule has 8 N–H and O–H groups in total. The fraction of sp³-hybridized carbons (Fsp3) is 0.0909. The number of benzene rings is 2. The van der Waals surface area contributed by atoms with Gasteiger partial charge in [-0.25, -0.2) is 9.97 Å². The van der Waals surface area contributed by atoms with Gasteiger partial charge in [0.25, 0.3) is 0 Å². The number of hydrogen-bond acceptors (Lipinski definition) is 5. The topological polar surface area (TPSA) is 170 Å². The number of aromatic amines is 2. The number of rotatable bonds is 4. The molecular weight excluding hydrogens is 392 g/mol. The van der Waals surface area contributed by atoms with Crippen LogP contribution in [0.15, 0.2) is 52.9 Å². The quantitative estimate of drug-likeness (QED) is 0.193. The molecule has 0 amide bonds. The highest BCUT2D eigenvalue weighted by Gasteiger charge is 2.14. The number of nitrogens with two attached hydrogens (primary N) is 2. The van der Waals surface area contributed by atoms with Gasteiger partial charge >= 0.3 is 0 Å². The summed E-state index contributed by atoms with van der Waals surface area (Å²) in [6.07, 6.45) is 0. The lowest BCUT2D eigenvalue weighted by molar-refractivity contribution is 0.589. The Balaban J connectivity index is 0.00000112. The zero-order valence-corrected chi connectivity index (χ0v) is 17.1. The molecule has 0 spiro atoms. The molecule has 0 radical (unpaired) electrons. The zero-order valence-electron chi connectivity index (χ0n) is 17.1. The summed E-state index contributed by atoms with van der Waals surface area (Å²) in [5.41, 5.74) is 15.4. The molecule has 0 aliphatic heterocycles. The Hall–Kier alpha value is -4.40. The smallest absolute Gasteiger partial charge is 0.174 e. The maximum absolute atomic E-state index is 7.56. The third-order valence-corrected chi connectivity index (χ3v) is 4.66. The minimum absolute atomic E-state index is 0.00107. The number of nitrogens with one attached hydrogen (secondary N) is 4. The molecule has 0 aliphatic rings. The van der Waals surface area contributed by atoms with Gasteiger partial charge in [0.1, 0.15) is 11.7 Å². The Morgan fingerprint density at radius 1 is 0.742 bits per heavy atom. The second-order valence-electron chi connectivity index (χ2n) is 6.63. The summed E-state index contributed by atoms with van der Waals surface area (Å²) in [6.45, 7) is 4.00. The highest BCUT2D eigenvalue weighted by molar-refractivity contribution is 5.99. The molecular formula is C22H22N8O. The van der Waals surface area contributed by atoms with Crippen molar-refractivity contribution in [2.75, 3.05) is 0 Å². The number of aromatic nitrogens is 4. The van der Waals surface area contributed by atoms with E-state index in [9.17, 15) is 0 Å². The second kappa shape index (κ2) is 7.79. The number of imidazole rings is 2. The lowest BCUT2D eigenvalue weighted by atomic mass is 10.2. The molecule has 0 bridgehead atoms. The molecule has 156 valence electrons. The van der Waals surface area contributed by atoms with Gasteiger partial charge in [-0.2, -0.15) is 0 Å². The van der Waals surface area contributed by atoms with E-state index in [1.165, 1.54) is 0 Å². The SMILES string of the molecule is CC.N=C(N)c1ccc2nc(-c3ccc(-c4nc5ccc(C(=N)N)cc5[nH]4)o3)[nH]c2c1. The van der Waals surface area contributed by atoms with E-state index in [-0.39, 0.29) is 11.7 Å². The summed E-state index contributed by atoms with van der Waals surface area (Å²) in [5.74, 6) is 2.27. The number of fused-ring (bicyclic) bond motifs is 2. The molecule has 31 heavy (non-hydrogen) atoms. The minimum atomic E-state index is 0.00107. The molecule has 5 rings (SSSR count). The van der Waals surface area contributed by atoms with Crippen LogP contribution in [0.5, 0.6) is 0 Å². The van der Waals surface area contributed by atoms with E-state index in [2.05, 4.69) is 19.9 Å². The fourth-order valence-corrected chi connectivity index (χ4v) is 3.18. The highest BCUT2D eigenvalue weighted by Crippen LogP contribution is 2.28. The van der Waals surface area contributed by atoms with Crippen molar-refractivity contribution in [2.24, 2.45) is 11.5 Å². The van der Waals surface area contributed by atoms with Crippen LogP contribution in [-0.4, -0.2) is 31.6 Å². The molecule has 3 aromatic heterocycles. The molecule has 9 heteroatoms. The minimum Gasteiger partial charge on any atom is -0.450 e. The summed E-state index contributed by atoms with van der Waals surface area (Å²) in [6, 6.07) is 14.3. The van der Waals surface area contributed by atoms with Crippen molar-refractivity contribution < 1.29 is 4.42 Å². The summed E-state index contributed by atoms with van der Waals surface area (Å²) >= 11 is 0. The van der Waals surface area contributed by atoms with Gasteiger partial charge < -0.3 is 25.9 Å². The van der Waals surface area contributed by atoms with Crippen molar-refractivity contribution in [3.8, 4) is 23.2 Å². The monoisotopic (exact) mass is 414 g/mol. The molecule has 3 heterocycles. The van der Waals surface area contributed by atoms with Crippen molar-refractivity contribution in [1.29, 1.82) is 10.8 Å². The first-order valence-corrected chi connectivity index (χ1v) is 9.77. The molecule has 0 unspecified atom stereocenters. The number of nitrogens with zero attached hydrogens (tertiary/aromatic N) is 2. The molecule has 0 saturated carbocycles. The number of furan rings is 1. The van der Waals surface area contributed by atoms with Crippen LogP contribution in [-0.2, 0) is 0 Å². The standard InChI is InChI=1S/C20H16N8O.C2H6/c21-17(22)9-1-3-11-13(7-9)27-19(25-11)15-5-6-16(29-15)20-26-12-4-2-10(18(23)24)8-14(12)28-20;1-2/h1-8H,(H3,21,22)(H3,23,24)(H,25,27)(H,26,28);1-2H3. The van der Waals surface area contributed by atoms with Crippen LogP contribution in [0.4, 0.5) is 0 Å².